The number of piperidine rings is 1. The van der Waals surface area contributed by atoms with Crippen molar-refractivity contribution in [3.05, 3.63) is 71.4 Å². The number of carboxylic acids is 1. The summed E-state index contributed by atoms with van der Waals surface area (Å²) >= 11 is 0. The summed E-state index contributed by atoms with van der Waals surface area (Å²) in [6.45, 7) is 2.05. The van der Waals surface area contributed by atoms with Crippen LogP contribution in [0.1, 0.15) is 53.6 Å². The number of benzene rings is 2. The fourth-order valence-electron chi connectivity index (χ4n) is 5.35. The maximum absolute atomic E-state index is 13.3. The number of hydrogen-bond donors (Lipinski definition) is 1. The highest BCUT2D eigenvalue weighted by molar-refractivity contribution is 5.95. The molecule has 1 saturated heterocycles. The van der Waals surface area contributed by atoms with Crippen molar-refractivity contribution in [2.75, 3.05) is 13.1 Å². The van der Waals surface area contributed by atoms with Gasteiger partial charge >= 0.3 is 5.97 Å². The minimum Gasteiger partial charge on any atom is -0.481 e. The molecule has 7 nitrogen and oxygen atoms in total. The van der Waals surface area contributed by atoms with Crippen LogP contribution in [0.4, 0.5) is 0 Å². The molecule has 2 heterocycles. The summed E-state index contributed by atoms with van der Waals surface area (Å²) in [5, 5.41) is 17.1. The normalized spacial score (nSPS) is 16.7. The first-order chi connectivity index (χ1) is 16.0. The van der Waals surface area contributed by atoms with Gasteiger partial charge in [-0.25, -0.2) is 0 Å². The predicted octanol–water partition coefficient (Wildman–Crippen LogP) is 3.93. The van der Waals surface area contributed by atoms with Crippen molar-refractivity contribution in [1.29, 1.82) is 0 Å². The van der Waals surface area contributed by atoms with Crippen LogP contribution in [-0.2, 0) is 23.2 Å². The summed E-state index contributed by atoms with van der Waals surface area (Å²) < 4.78 is 1.65. The summed E-state index contributed by atoms with van der Waals surface area (Å²) in [5.74, 6) is -0.755. The van der Waals surface area contributed by atoms with Crippen molar-refractivity contribution < 1.29 is 14.7 Å². The average Bonchev–Trinajstić information content (AvgIpc) is 3.45. The van der Waals surface area contributed by atoms with Crippen molar-refractivity contribution in [3.63, 3.8) is 0 Å². The quantitative estimate of drug-likeness (QED) is 0.622. The van der Waals surface area contributed by atoms with Gasteiger partial charge in [-0.2, -0.15) is 0 Å². The van der Waals surface area contributed by atoms with Gasteiger partial charge in [0.15, 0.2) is 0 Å². The number of aryl methyl sites for hydroxylation is 2. The number of fused-ring (bicyclic) bond motifs is 2. The zero-order valence-electron chi connectivity index (χ0n) is 18.6. The number of hydrogen-bond acceptors (Lipinski definition) is 4. The summed E-state index contributed by atoms with van der Waals surface area (Å²) in [7, 11) is 0. The number of carbonyl (C=O) groups is 2. The van der Waals surface area contributed by atoms with Crippen LogP contribution in [0.15, 0.2) is 54.7 Å². The zero-order chi connectivity index (χ0) is 22.8. The van der Waals surface area contributed by atoms with E-state index in [1.54, 1.807) is 10.9 Å². The van der Waals surface area contributed by atoms with E-state index in [0.717, 1.165) is 37.9 Å². The number of nitrogens with zero attached hydrogens (tertiary/aromatic N) is 4. The molecule has 1 fully saturated rings. The molecule has 2 aliphatic rings. The van der Waals surface area contributed by atoms with Crippen LogP contribution >= 0.6 is 0 Å². The fourth-order valence-corrected chi connectivity index (χ4v) is 5.35. The lowest BCUT2D eigenvalue weighted by atomic mass is 9.74. The minimum atomic E-state index is -0.817. The van der Waals surface area contributed by atoms with E-state index in [1.807, 2.05) is 29.2 Å². The number of likely N-dealkylation sites (tertiary alicyclic amines) is 1. The molecule has 0 bridgehead atoms. The predicted molar refractivity (Wildman–Crippen MR) is 124 cm³/mol. The number of amides is 1. The van der Waals surface area contributed by atoms with E-state index in [0.29, 0.717) is 24.2 Å². The lowest BCUT2D eigenvalue weighted by Crippen LogP contribution is -2.44. The van der Waals surface area contributed by atoms with Crippen LogP contribution in [0.3, 0.4) is 0 Å². The third kappa shape index (κ3) is 4.27. The topological polar surface area (TPSA) is 88.3 Å². The first kappa shape index (κ1) is 21.4. The Morgan fingerprint density at radius 1 is 1.03 bits per heavy atom. The van der Waals surface area contributed by atoms with Crippen molar-refractivity contribution >= 4 is 11.9 Å². The molecule has 1 aliphatic heterocycles. The van der Waals surface area contributed by atoms with E-state index < -0.39 is 5.97 Å². The van der Waals surface area contributed by atoms with E-state index >= 15 is 0 Å². The second-order valence-electron chi connectivity index (χ2n) is 9.17. The van der Waals surface area contributed by atoms with Gasteiger partial charge in [0.25, 0.3) is 5.91 Å². The van der Waals surface area contributed by atoms with Crippen molar-refractivity contribution in [1.82, 2.24) is 19.9 Å². The van der Waals surface area contributed by atoms with Crippen LogP contribution in [-0.4, -0.2) is 50.0 Å². The van der Waals surface area contributed by atoms with Gasteiger partial charge in [-0.15, -0.1) is 5.10 Å². The highest BCUT2D eigenvalue weighted by atomic mass is 16.4. The Morgan fingerprint density at radius 3 is 2.67 bits per heavy atom. The van der Waals surface area contributed by atoms with Gasteiger partial charge in [0.1, 0.15) is 5.69 Å². The standard InChI is InChI=1S/C26H28N4O3/c31-24(32)9-4-14-30-18-23(27-28-30)20-6-3-7-21(17-20)25(33)29-15-12-26(13-16-29)11-10-19-5-1-2-8-22(19)26/h1-3,5-8,17-18H,4,9-16H2,(H,31,32). The summed E-state index contributed by atoms with van der Waals surface area (Å²) in [5.41, 5.74) is 5.37. The van der Waals surface area contributed by atoms with Crippen LogP contribution in [0.2, 0.25) is 0 Å². The van der Waals surface area contributed by atoms with Crippen molar-refractivity contribution in [2.45, 2.75) is 50.5 Å². The minimum absolute atomic E-state index is 0.0619. The molecule has 170 valence electrons. The Balaban J connectivity index is 1.25. The fraction of sp³-hybridized carbons (Fsp3) is 0.385. The molecule has 0 radical (unpaired) electrons. The molecule has 2 aromatic carbocycles. The Hall–Kier alpha value is -3.48. The Labute approximate surface area is 193 Å². The lowest BCUT2D eigenvalue weighted by Gasteiger charge is -2.40. The highest BCUT2D eigenvalue weighted by Crippen LogP contribution is 2.46. The van der Waals surface area contributed by atoms with E-state index in [1.165, 1.54) is 17.5 Å². The lowest BCUT2D eigenvalue weighted by molar-refractivity contribution is -0.137. The van der Waals surface area contributed by atoms with Crippen LogP contribution in [0, 0.1) is 0 Å². The molecule has 1 amide bonds. The highest BCUT2D eigenvalue weighted by Gasteiger charge is 2.41. The molecular weight excluding hydrogens is 416 g/mol. The van der Waals surface area contributed by atoms with Gasteiger partial charge < -0.3 is 10.0 Å². The van der Waals surface area contributed by atoms with Crippen molar-refractivity contribution in [3.8, 4) is 11.3 Å². The SMILES string of the molecule is O=C(O)CCCn1cc(-c2cccc(C(=O)N3CCC4(CCc5ccccc54)CC3)c2)nn1. The van der Waals surface area contributed by atoms with Gasteiger partial charge in [0.05, 0.1) is 6.20 Å². The third-order valence-corrected chi connectivity index (χ3v) is 7.19. The molecule has 3 aromatic rings. The maximum Gasteiger partial charge on any atom is 0.303 e. The smallest absolute Gasteiger partial charge is 0.303 e. The van der Waals surface area contributed by atoms with Gasteiger partial charge in [-0.1, -0.05) is 41.6 Å². The molecule has 0 atom stereocenters. The summed E-state index contributed by atoms with van der Waals surface area (Å²) in [6, 6.07) is 16.3. The molecule has 0 unspecified atom stereocenters. The second-order valence-corrected chi connectivity index (χ2v) is 9.17. The first-order valence-electron chi connectivity index (χ1n) is 11.6. The number of carboxylic acid groups (broad SMARTS) is 1. The van der Waals surface area contributed by atoms with Crippen molar-refractivity contribution in [2.24, 2.45) is 0 Å². The third-order valence-electron chi connectivity index (χ3n) is 7.19. The summed E-state index contributed by atoms with van der Waals surface area (Å²) in [4.78, 5) is 25.9. The van der Waals surface area contributed by atoms with E-state index in [4.69, 9.17) is 5.11 Å². The number of carbonyl (C=O) groups excluding carboxylic acids is 1. The van der Waals surface area contributed by atoms with Crippen LogP contribution < -0.4 is 0 Å². The van der Waals surface area contributed by atoms with Gasteiger partial charge in [-0.3, -0.25) is 14.3 Å². The number of aromatic nitrogens is 3. The van der Waals surface area contributed by atoms with Crippen LogP contribution in [0.5, 0.6) is 0 Å². The molecule has 0 saturated carbocycles. The van der Waals surface area contributed by atoms with E-state index in [9.17, 15) is 9.59 Å². The Morgan fingerprint density at radius 2 is 1.85 bits per heavy atom. The number of rotatable bonds is 6. The zero-order valence-corrected chi connectivity index (χ0v) is 18.6. The Bertz CT molecular complexity index is 1180. The average molecular weight is 445 g/mol. The maximum atomic E-state index is 13.3. The van der Waals surface area contributed by atoms with Gasteiger partial charge in [0.2, 0.25) is 0 Å². The molecule has 1 aliphatic carbocycles. The second kappa shape index (κ2) is 8.81. The Kier molecular flexibility index (Phi) is 5.70. The molecule has 7 heteroatoms. The van der Waals surface area contributed by atoms with Gasteiger partial charge in [0, 0.05) is 37.2 Å². The van der Waals surface area contributed by atoms with Crippen LogP contribution in [0.25, 0.3) is 11.3 Å². The number of aliphatic carboxylic acids is 1. The largest absolute Gasteiger partial charge is 0.481 e. The van der Waals surface area contributed by atoms with Gasteiger partial charge in [-0.05, 0) is 60.8 Å². The molecule has 5 rings (SSSR count). The summed E-state index contributed by atoms with van der Waals surface area (Å²) in [6.07, 6.45) is 6.75. The molecule has 1 N–H and O–H groups in total. The van der Waals surface area contributed by atoms with E-state index in [2.05, 4.69) is 34.6 Å². The molecule has 1 spiro atoms. The van der Waals surface area contributed by atoms with E-state index in [-0.39, 0.29) is 17.7 Å². The monoisotopic (exact) mass is 444 g/mol. The molecule has 1 aromatic heterocycles. The molecule has 33 heavy (non-hydrogen) atoms. The first-order valence-corrected chi connectivity index (χ1v) is 11.6. The molecular formula is C26H28N4O3.